The van der Waals surface area contributed by atoms with Crippen molar-refractivity contribution in [3.8, 4) is 5.75 Å². The van der Waals surface area contributed by atoms with E-state index in [0.29, 0.717) is 5.56 Å². The van der Waals surface area contributed by atoms with Crippen molar-refractivity contribution in [2.75, 3.05) is 11.9 Å². The van der Waals surface area contributed by atoms with E-state index < -0.39 is 11.7 Å². The summed E-state index contributed by atoms with van der Waals surface area (Å²) in [5.74, 6) is -1.02. The molecule has 0 saturated carbocycles. The zero-order valence-corrected chi connectivity index (χ0v) is 19.3. The van der Waals surface area contributed by atoms with Gasteiger partial charge in [0.25, 0.3) is 5.91 Å². The van der Waals surface area contributed by atoms with Gasteiger partial charge < -0.3 is 10.1 Å². The SMILES string of the molecule is O=C(Cc1cccc2ccccc12)N/N=C\c1ccc(OCC(=O)Nc2ccccc2F)c(Cl)c1. The first-order valence-electron chi connectivity index (χ1n) is 10.7. The van der Waals surface area contributed by atoms with E-state index in [1.54, 1.807) is 24.3 Å². The summed E-state index contributed by atoms with van der Waals surface area (Å²) in [6.07, 6.45) is 1.66. The molecular weight excluding hydrogens is 469 g/mol. The molecule has 0 saturated heterocycles. The Kier molecular flexibility index (Phi) is 7.70. The fourth-order valence-electron chi connectivity index (χ4n) is 3.44. The summed E-state index contributed by atoms with van der Waals surface area (Å²) in [4.78, 5) is 24.4. The number of nitrogens with zero attached hydrogens (tertiary/aromatic N) is 1. The molecule has 35 heavy (non-hydrogen) atoms. The van der Waals surface area contributed by atoms with Crippen LogP contribution in [0.2, 0.25) is 5.02 Å². The summed E-state index contributed by atoms with van der Waals surface area (Å²) in [5, 5.41) is 8.79. The zero-order valence-electron chi connectivity index (χ0n) is 18.5. The van der Waals surface area contributed by atoms with Gasteiger partial charge in [-0.25, -0.2) is 9.82 Å². The number of nitrogens with one attached hydrogen (secondary N) is 2. The summed E-state index contributed by atoms with van der Waals surface area (Å²) in [7, 11) is 0. The van der Waals surface area contributed by atoms with Gasteiger partial charge in [-0.1, -0.05) is 66.2 Å². The fourth-order valence-corrected chi connectivity index (χ4v) is 3.69. The van der Waals surface area contributed by atoms with Crippen molar-refractivity contribution in [3.05, 3.63) is 107 Å². The largest absolute Gasteiger partial charge is 0.482 e. The molecule has 0 heterocycles. The minimum absolute atomic E-state index is 0.0706. The van der Waals surface area contributed by atoms with Crippen molar-refractivity contribution in [2.45, 2.75) is 6.42 Å². The lowest BCUT2D eigenvalue weighted by Gasteiger charge is -2.09. The highest BCUT2D eigenvalue weighted by molar-refractivity contribution is 6.32. The monoisotopic (exact) mass is 489 g/mol. The van der Waals surface area contributed by atoms with Crippen LogP contribution < -0.4 is 15.5 Å². The Morgan fingerprint density at radius 1 is 0.943 bits per heavy atom. The Labute approximate surface area is 206 Å². The smallest absolute Gasteiger partial charge is 0.262 e. The second-order valence-electron chi connectivity index (χ2n) is 7.61. The topological polar surface area (TPSA) is 79.8 Å². The molecule has 0 aliphatic carbocycles. The standard InChI is InChI=1S/C27H21ClFN3O3/c28-22-14-18(12-13-25(22)35-17-27(34)31-24-11-4-3-10-23(24)29)16-30-32-26(33)15-20-8-5-7-19-6-1-2-9-21(19)20/h1-14,16H,15,17H2,(H,31,34)(H,32,33)/b30-16-. The van der Waals surface area contributed by atoms with E-state index in [-0.39, 0.29) is 35.4 Å². The van der Waals surface area contributed by atoms with Crippen LogP contribution in [-0.4, -0.2) is 24.6 Å². The van der Waals surface area contributed by atoms with Crippen LogP contribution in [0.25, 0.3) is 10.8 Å². The molecule has 4 rings (SSSR count). The Hall–Kier alpha value is -4.23. The molecule has 176 valence electrons. The molecule has 0 spiro atoms. The number of hydrogen-bond donors (Lipinski definition) is 2. The van der Waals surface area contributed by atoms with Crippen LogP contribution in [0.5, 0.6) is 5.75 Å². The first-order valence-corrected chi connectivity index (χ1v) is 11.1. The number of para-hydroxylation sites is 1. The van der Waals surface area contributed by atoms with Gasteiger partial charge in [0.15, 0.2) is 6.61 Å². The molecule has 0 bridgehead atoms. The predicted octanol–water partition coefficient (Wildman–Crippen LogP) is 5.34. The number of benzene rings is 4. The molecule has 0 atom stereocenters. The van der Waals surface area contributed by atoms with Gasteiger partial charge in [-0.05, 0) is 52.2 Å². The highest BCUT2D eigenvalue weighted by Crippen LogP contribution is 2.25. The number of ether oxygens (including phenoxy) is 1. The van der Waals surface area contributed by atoms with Crippen molar-refractivity contribution in [1.29, 1.82) is 0 Å². The quantitative estimate of drug-likeness (QED) is 0.259. The molecule has 0 aromatic heterocycles. The van der Waals surface area contributed by atoms with Crippen molar-refractivity contribution in [3.63, 3.8) is 0 Å². The van der Waals surface area contributed by atoms with Gasteiger partial charge in [-0.15, -0.1) is 0 Å². The van der Waals surface area contributed by atoms with Crippen LogP contribution >= 0.6 is 11.6 Å². The third-order valence-corrected chi connectivity index (χ3v) is 5.39. The summed E-state index contributed by atoms with van der Waals surface area (Å²) < 4.78 is 19.1. The first kappa shape index (κ1) is 23.9. The number of amides is 2. The minimum Gasteiger partial charge on any atom is -0.482 e. The summed E-state index contributed by atoms with van der Waals surface area (Å²) in [5.41, 5.74) is 4.13. The Morgan fingerprint density at radius 3 is 2.54 bits per heavy atom. The Morgan fingerprint density at radius 2 is 1.71 bits per heavy atom. The normalized spacial score (nSPS) is 10.9. The zero-order chi connectivity index (χ0) is 24.6. The fraction of sp³-hybridized carbons (Fsp3) is 0.0741. The summed E-state index contributed by atoms with van der Waals surface area (Å²) in [6, 6.07) is 24.4. The molecule has 4 aromatic rings. The third kappa shape index (κ3) is 6.43. The van der Waals surface area contributed by atoms with Gasteiger partial charge in [-0.2, -0.15) is 5.10 Å². The van der Waals surface area contributed by atoms with Gasteiger partial charge >= 0.3 is 0 Å². The predicted molar refractivity (Wildman–Crippen MR) is 135 cm³/mol. The number of anilines is 1. The average molecular weight is 490 g/mol. The molecule has 4 aromatic carbocycles. The van der Waals surface area contributed by atoms with E-state index >= 15 is 0 Å². The summed E-state index contributed by atoms with van der Waals surface area (Å²) in [6.45, 7) is -0.342. The lowest BCUT2D eigenvalue weighted by Crippen LogP contribution is -2.21. The minimum atomic E-state index is -0.535. The molecule has 6 nitrogen and oxygen atoms in total. The van der Waals surface area contributed by atoms with E-state index in [1.165, 1.54) is 24.4 Å². The second kappa shape index (κ2) is 11.3. The molecule has 0 unspecified atom stereocenters. The number of hydrazone groups is 1. The van der Waals surface area contributed by atoms with Crippen LogP contribution in [0.15, 0.2) is 90.0 Å². The molecule has 2 N–H and O–H groups in total. The van der Waals surface area contributed by atoms with Gasteiger partial charge in [0.2, 0.25) is 5.91 Å². The second-order valence-corrected chi connectivity index (χ2v) is 8.02. The van der Waals surface area contributed by atoms with E-state index in [9.17, 15) is 14.0 Å². The van der Waals surface area contributed by atoms with Crippen LogP contribution in [0, 0.1) is 5.82 Å². The van der Waals surface area contributed by atoms with Gasteiger partial charge in [0.1, 0.15) is 11.6 Å². The van der Waals surface area contributed by atoms with Gasteiger partial charge in [0, 0.05) is 0 Å². The molecular formula is C27H21ClFN3O3. The highest BCUT2D eigenvalue weighted by atomic mass is 35.5. The Bertz CT molecular complexity index is 1400. The number of fused-ring (bicyclic) bond motifs is 1. The number of carbonyl (C=O) groups is 2. The van der Waals surface area contributed by atoms with Gasteiger partial charge in [0.05, 0.1) is 23.3 Å². The van der Waals surface area contributed by atoms with E-state index in [2.05, 4.69) is 15.8 Å². The van der Waals surface area contributed by atoms with Crippen molar-refractivity contribution in [2.24, 2.45) is 5.10 Å². The molecule has 0 aliphatic rings. The highest BCUT2D eigenvalue weighted by Gasteiger charge is 2.10. The van der Waals surface area contributed by atoms with Crippen LogP contribution in [0.4, 0.5) is 10.1 Å². The number of rotatable bonds is 8. The van der Waals surface area contributed by atoms with E-state index in [4.69, 9.17) is 16.3 Å². The van der Waals surface area contributed by atoms with Crippen molar-refractivity contribution >= 4 is 46.1 Å². The first-order chi connectivity index (χ1) is 17.0. The molecule has 0 aliphatic heterocycles. The number of hydrogen-bond acceptors (Lipinski definition) is 4. The molecule has 0 fully saturated rings. The lowest BCUT2D eigenvalue weighted by molar-refractivity contribution is -0.120. The maximum absolute atomic E-state index is 13.6. The number of halogens is 2. The molecule has 2 amide bonds. The number of carbonyl (C=O) groups excluding carboxylic acids is 2. The van der Waals surface area contributed by atoms with Crippen molar-refractivity contribution in [1.82, 2.24) is 5.43 Å². The van der Waals surface area contributed by atoms with E-state index in [0.717, 1.165) is 16.3 Å². The maximum Gasteiger partial charge on any atom is 0.262 e. The average Bonchev–Trinajstić information content (AvgIpc) is 2.85. The van der Waals surface area contributed by atoms with Crippen LogP contribution in [-0.2, 0) is 16.0 Å². The maximum atomic E-state index is 13.6. The molecule has 8 heteroatoms. The van der Waals surface area contributed by atoms with Crippen LogP contribution in [0.1, 0.15) is 11.1 Å². The molecule has 0 radical (unpaired) electrons. The third-order valence-electron chi connectivity index (χ3n) is 5.10. The lowest BCUT2D eigenvalue weighted by atomic mass is 10.0. The van der Waals surface area contributed by atoms with Crippen molar-refractivity contribution < 1.29 is 18.7 Å². The van der Waals surface area contributed by atoms with E-state index in [1.807, 2.05) is 42.5 Å². The van der Waals surface area contributed by atoms with Crippen LogP contribution in [0.3, 0.4) is 0 Å². The van der Waals surface area contributed by atoms with Gasteiger partial charge in [-0.3, -0.25) is 9.59 Å². The Balaban J connectivity index is 1.29. The summed E-state index contributed by atoms with van der Waals surface area (Å²) >= 11 is 6.24.